The number of rotatable bonds is 56. The first-order valence-corrected chi connectivity index (χ1v) is 30.0. The molecule has 0 rings (SSSR count). The number of carbonyl (C=O) groups excluding carboxylic acids is 3. The fourth-order valence-electron chi connectivity index (χ4n) is 9.33. The first-order chi connectivity index (χ1) is 32.5. The smallest absolute Gasteiger partial charge is 0.306 e. The van der Waals surface area contributed by atoms with Gasteiger partial charge in [0, 0.05) is 19.3 Å². The predicted octanol–water partition coefficient (Wildman–Crippen LogP) is 19.9. The zero-order valence-electron chi connectivity index (χ0n) is 45.0. The number of unbranched alkanes of at least 4 members (excludes halogenated alkanes) is 45. The summed E-state index contributed by atoms with van der Waals surface area (Å²) in [4.78, 5) is 37.9. The van der Waals surface area contributed by atoms with Gasteiger partial charge in [0.1, 0.15) is 13.2 Å². The van der Waals surface area contributed by atoms with Crippen LogP contribution in [-0.2, 0) is 28.6 Å². The molecule has 0 aliphatic carbocycles. The van der Waals surface area contributed by atoms with Gasteiger partial charge in [-0.3, -0.25) is 14.4 Å². The van der Waals surface area contributed by atoms with Crippen molar-refractivity contribution < 1.29 is 28.6 Å². The molecule has 0 aliphatic rings. The Hall–Kier alpha value is -1.59. The van der Waals surface area contributed by atoms with Crippen LogP contribution in [0, 0.1) is 0 Å². The molecule has 0 aliphatic heterocycles. The molecule has 1 unspecified atom stereocenters. The second-order valence-electron chi connectivity index (χ2n) is 20.6. The average molecular weight is 934 g/mol. The molecule has 0 aromatic rings. The second-order valence-corrected chi connectivity index (χ2v) is 20.6. The highest BCUT2D eigenvalue weighted by atomic mass is 16.6. The summed E-state index contributed by atoms with van der Waals surface area (Å²) in [7, 11) is 0. The van der Waals surface area contributed by atoms with E-state index in [0.717, 1.165) is 57.8 Å². The summed E-state index contributed by atoms with van der Waals surface area (Å²) in [5, 5.41) is 0. The Balaban J connectivity index is 4.02. The zero-order valence-corrected chi connectivity index (χ0v) is 45.0. The molecule has 6 nitrogen and oxygen atoms in total. The van der Waals surface area contributed by atoms with Crippen molar-refractivity contribution in [3.05, 3.63) is 0 Å². The van der Waals surface area contributed by atoms with Crippen molar-refractivity contribution in [3.63, 3.8) is 0 Å². The quantitative estimate of drug-likeness (QED) is 0.0343. The van der Waals surface area contributed by atoms with Crippen LogP contribution < -0.4 is 0 Å². The van der Waals surface area contributed by atoms with Crippen LogP contribution in [0.25, 0.3) is 0 Å². The number of ether oxygens (including phenoxy) is 3. The normalized spacial score (nSPS) is 11.9. The Morgan fingerprint density at radius 3 is 0.606 bits per heavy atom. The second kappa shape index (κ2) is 56.0. The van der Waals surface area contributed by atoms with Crippen molar-refractivity contribution in [2.75, 3.05) is 13.2 Å². The molecule has 0 aromatic heterocycles. The van der Waals surface area contributed by atoms with Crippen molar-refractivity contribution >= 4 is 17.9 Å². The van der Waals surface area contributed by atoms with E-state index in [4.69, 9.17) is 14.2 Å². The maximum absolute atomic E-state index is 12.8. The maximum atomic E-state index is 12.8. The molecular formula is C60H116O6. The summed E-state index contributed by atoms with van der Waals surface area (Å²) >= 11 is 0. The lowest BCUT2D eigenvalue weighted by Gasteiger charge is -2.18. The maximum Gasteiger partial charge on any atom is 0.306 e. The summed E-state index contributed by atoms with van der Waals surface area (Å²) in [6.07, 6.45) is 62.8. The minimum absolute atomic E-state index is 0.0619. The molecule has 0 heterocycles. The van der Waals surface area contributed by atoms with Crippen LogP contribution in [0.5, 0.6) is 0 Å². The predicted molar refractivity (Wildman–Crippen MR) is 284 cm³/mol. The monoisotopic (exact) mass is 933 g/mol. The van der Waals surface area contributed by atoms with E-state index < -0.39 is 6.10 Å². The van der Waals surface area contributed by atoms with E-state index in [1.807, 2.05) is 0 Å². The van der Waals surface area contributed by atoms with Gasteiger partial charge in [-0.15, -0.1) is 0 Å². The Bertz CT molecular complexity index is 982. The molecule has 392 valence electrons. The summed E-state index contributed by atoms with van der Waals surface area (Å²) < 4.78 is 16.8. The highest BCUT2D eigenvalue weighted by Crippen LogP contribution is 2.18. The molecule has 0 spiro atoms. The standard InChI is InChI=1S/C60H116O6/c1-4-7-10-13-16-18-20-22-24-25-26-27-28-29-30-31-32-33-34-36-37-39-41-44-47-50-53-59(62)65-56-57(55-64-58(61)52-49-46-43-15-12-9-6-3)66-60(63)54-51-48-45-42-40-38-35-23-21-19-17-14-11-8-5-2/h57H,4-56H2,1-3H3. The minimum atomic E-state index is -0.760. The number of esters is 3. The minimum Gasteiger partial charge on any atom is -0.462 e. The molecule has 0 aromatic carbocycles. The molecule has 0 saturated carbocycles. The van der Waals surface area contributed by atoms with Gasteiger partial charge in [-0.25, -0.2) is 0 Å². The van der Waals surface area contributed by atoms with Gasteiger partial charge in [-0.2, -0.15) is 0 Å². The van der Waals surface area contributed by atoms with Crippen molar-refractivity contribution in [3.8, 4) is 0 Å². The van der Waals surface area contributed by atoms with Crippen LogP contribution in [0.4, 0.5) is 0 Å². The van der Waals surface area contributed by atoms with Gasteiger partial charge in [-0.05, 0) is 19.3 Å². The lowest BCUT2D eigenvalue weighted by Crippen LogP contribution is -2.30. The van der Waals surface area contributed by atoms with E-state index >= 15 is 0 Å². The van der Waals surface area contributed by atoms with E-state index in [1.54, 1.807) is 0 Å². The third kappa shape index (κ3) is 53.4. The molecule has 0 fully saturated rings. The third-order valence-electron chi connectivity index (χ3n) is 13.9. The van der Waals surface area contributed by atoms with Gasteiger partial charge in [-0.1, -0.05) is 310 Å². The van der Waals surface area contributed by atoms with Crippen LogP contribution in [0.2, 0.25) is 0 Å². The van der Waals surface area contributed by atoms with Crippen molar-refractivity contribution in [2.24, 2.45) is 0 Å². The lowest BCUT2D eigenvalue weighted by atomic mass is 10.0. The lowest BCUT2D eigenvalue weighted by molar-refractivity contribution is -0.167. The summed E-state index contributed by atoms with van der Waals surface area (Å²) in [5.74, 6) is -0.842. The largest absolute Gasteiger partial charge is 0.462 e. The van der Waals surface area contributed by atoms with Crippen LogP contribution in [0.1, 0.15) is 348 Å². The molecule has 1 atom stereocenters. The highest BCUT2D eigenvalue weighted by Gasteiger charge is 2.19. The Morgan fingerprint density at radius 1 is 0.242 bits per heavy atom. The SMILES string of the molecule is CCCCCCCCCCCCCCCCCCCCCCCCCCCCC(=O)OCC(COC(=O)CCCCCCCCC)OC(=O)CCCCCCCCCCCCCCCCC. The van der Waals surface area contributed by atoms with E-state index in [1.165, 1.54) is 250 Å². The van der Waals surface area contributed by atoms with Crippen LogP contribution >= 0.6 is 0 Å². The Labute approximate surface area is 412 Å². The summed E-state index contributed by atoms with van der Waals surface area (Å²) in [6.45, 7) is 6.66. The number of carbonyl (C=O) groups is 3. The topological polar surface area (TPSA) is 78.9 Å². The van der Waals surface area contributed by atoms with Gasteiger partial charge >= 0.3 is 17.9 Å². The van der Waals surface area contributed by atoms with E-state index in [2.05, 4.69) is 20.8 Å². The van der Waals surface area contributed by atoms with Crippen LogP contribution in [0.15, 0.2) is 0 Å². The highest BCUT2D eigenvalue weighted by molar-refractivity contribution is 5.71. The first kappa shape index (κ1) is 64.4. The molecule has 6 heteroatoms. The summed E-state index contributed by atoms with van der Waals surface area (Å²) in [5.41, 5.74) is 0. The number of hydrogen-bond donors (Lipinski definition) is 0. The Morgan fingerprint density at radius 2 is 0.409 bits per heavy atom. The number of hydrogen-bond acceptors (Lipinski definition) is 6. The summed E-state index contributed by atoms with van der Waals surface area (Å²) in [6, 6.07) is 0. The fourth-order valence-corrected chi connectivity index (χ4v) is 9.33. The molecule has 0 N–H and O–H groups in total. The van der Waals surface area contributed by atoms with Gasteiger partial charge in [0.05, 0.1) is 0 Å². The Kier molecular flexibility index (Phi) is 54.7. The van der Waals surface area contributed by atoms with E-state index in [9.17, 15) is 14.4 Å². The van der Waals surface area contributed by atoms with Gasteiger partial charge in [0.2, 0.25) is 0 Å². The van der Waals surface area contributed by atoms with Gasteiger partial charge in [0.15, 0.2) is 6.10 Å². The molecule has 66 heavy (non-hydrogen) atoms. The third-order valence-corrected chi connectivity index (χ3v) is 13.9. The zero-order chi connectivity index (χ0) is 47.9. The molecule has 0 saturated heterocycles. The van der Waals surface area contributed by atoms with Gasteiger partial charge in [0.25, 0.3) is 0 Å². The molecule has 0 amide bonds. The van der Waals surface area contributed by atoms with Gasteiger partial charge < -0.3 is 14.2 Å². The van der Waals surface area contributed by atoms with Crippen molar-refractivity contribution in [1.82, 2.24) is 0 Å². The fraction of sp³-hybridized carbons (Fsp3) is 0.950. The van der Waals surface area contributed by atoms with Crippen molar-refractivity contribution in [1.29, 1.82) is 0 Å². The van der Waals surface area contributed by atoms with Crippen molar-refractivity contribution in [2.45, 2.75) is 354 Å². The van der Waals surface area contributed by atoms with Crippen LogP contribution in [0.3, 0.4) is 0 Å². The molecule has 0 radical (unpaired) electrons. The molecule has 0 bridgehead atoms. The molecular weight excluding hydrogens is 817 g/mol. The first-order valence-electron chi connectivity index (χ1n) is 30.0. The average Bonchev–Trinajstić information content (AvgIpc) is 3.31. The van der Waals surface area contributed by atoms with Crippen LogP contribution in [-0.4, -0.2) is 37.2 Å². The van der Waals surface area contributed by atoms with E-state index in [-0.39, 0.29) is 31.1 Å². The van der Waals surface area contributed by atoms with E-state index in [0.29, 0.717) is 19.3 Å².